The van der Waals surface area contributed by atoms with E-state index in [4.69, 9.17) is 0 Å². The lowest BCUT2D eigenvalue weighted by molar-refractivity contribution is -0.153. The summed E-state index contributed by atoms with van der Waals surface area (Å²) in [5, 5.41) is 9.63. The van der Waals surface area contributed by atoms with Crippen molar-refractivity contribution in [3.63, 3.8) is 0 Å². The summed E-state index contributed by atoms with van der Waals surface area (Å²) >= 11 is 0. The Labute approximate surface area is 112 Å². The fourth-order valence-corrected chi connectivity index (χ4v) is 3.00. The van der Waals surface area contributed by atoms with Crippen LogP contribution in [-0.4, -0.2) is 35.6 Å². The molecular formula is C15H29NO2. The highest BCUT2D eigenvalue weighted by Gasteiger charge is 2.42. The van der Waals surface area contributed by atoms with E-state index in [0.717, 1.165) is 45.3 Å². The Bertz CT molecular complexity index is 268. The van der Waals surface area contributed by atoms with Crippen LogP contribution >= 0.6 is 0 Å². The molecule has 0 bridgehead atoms. The second kappa shape index (κ2) is 6.55. The molecule has 106 valence electrons. The van der Waals surface area contributed by atoms with E-state index in [1.807, 2.05) is 0 Å². The van der Waals surface area contributed by atoms with Crippen LogP contribution in [-0.2, 0) is 4.79 Å². The van der Waals surface area contributed by atoms with Crippen molar-refractivity contribution in [1.29, 1.82) is 0 Å². The molecule has 1 saturated carbocycles. The summed E-state index contributed by atoms with van der Waals surface area (Å²) in [4.78, 5) is 14.0. The van der Waals surface area contributed by atoms with E-state index in [1.165, 1.54) is 0 Å². The molecule has 3 heteroatoms. The van der Waals surface area contributed by atoms with Gasteiger partial charge in [-0.05, 0) is 44.1 Å². The first-order chi connectivity index (χ1) is 8.39. The van der Waals surface area contributed by atoms with E-state index in [9.17, 15) is 9.90 Å². The zero-order valence-electron chi connectivity index (χ0n) is 12.4. The first-order valence-electron chi connectivity index (χ1n) is 7.35. The predicted molar refractivity (Wildman–Crippen MR) is 74.7 cm³/mol. The number of hydrogen-bond donors (Lipinski definition) is 1. The Morgan fingerprint density at radius 2 is 1.94 bits per heavy atom. The molecule has 1 N–H and O–H groups in total. The van der Waals surface area contributed by atoms with Gasteiger partial charge >= 0.3 is 5.97 Å². The summed E-state index contributed by atoms with van der Waals surface area (Å²) in [6.07, 6.45) is 3.81. The van der Waals surface area contributed by atoms with Gasteiger partial charge in [-0.2, -0.15) is 0 Å². The lowest BCUT2D eigenvalue weighted by Gasteiger charge is -2.39. The molecule has 0 aromatic heterocycles. The molecule has 0 spiro atoms. The molecule has 0 aromatic carbocycles. The number of carboxylic acid groups (broad SMARTS) is 1. The van der Waals surface area contributed by atoms with Crippen molar-refractivity contribution in [3.8, 4) is 0 Å². The molecular weight excluding hydrogens is 226 g/mol. The minimum atomic E-state index is -0.586. The van der Waals surface area contributed by atoms with E-state index < -0.39 is 11.4 Å². The fraction of sp³-hybridized carbons (Fsp3) is 0.933. The van der Waals surface area contributed by atoms with Gasteiger partial charge in [-0.25, -0.2) is 0 Å². The highest BCUT2D eigenvalue weighted by Crippen LogP contribution is 2.39. The van der Waals surface area contributed by atoms with Crippen molar-refractivity contribution in [1.82, 2.24) is 4.90 Å². The van der Waals surface area contributed by atoms with Crippen molar-refractivity contribution in [2.75, 3.05) is 19.6 Å². The Morgan fingerprint density at radius 1 is 1.39 bits per heavy atom. The first kappa shape index (κ1) is 15.5. The topological polar surface area (TPSA) is 40.5 Å². The molecule has 0 amide bonds. The van der Waals surface area contributed by atoms with Gasteiger partial charge in [0.05, 0.1) is 5.41 Å². The molecule has 1 aliphatic carbocycles. The molecule has 3 nitrogen and oxygen atoms in total. The van der Waals surface area contributed by atoms with Crippen LogP contribution in [0.15, 0.2) is 0 Å². The van der Waals surface area contributed by atoms with Crippen LogP contribution in [0.2, 0.25) is 0 Å². The van der Waals surface area contributed by atoms with Gasteiger partial charge in [-0.3, -0.25) is 4.79 Å². The third-order valence-electron chi connectivity index (χ3n) is 4.28. The molecule has 0 aliphatic heterocycles. The Kier molecular flexibility index (Phi) is 5.64. The number of aliphatic carboxylic acids is 1. The van der Waals surface area contributed by atoms with Crippen LogP contribution in [0.3, 0.4) is 0 Å². The Morgan fingerprint density at radius 3 is 2.33 bits per heavy atom. The van der Waals surface area contributed by atoms with Crippen LogP contribution < -0.4 is 0 Å². The van der Waals surface area contributed by atoms with Crippen LogP contribution in [0.5, 0.6) is 0 Å². The van der Waals surface area contributed by atoms with Crippen molar-refractivity contribution < 1.29 is 9.90 Å². The summed E-state index contributed by atoms with van der Waals surface area (Å²) < 4.78 is 0. The monoisotopic (exact) mass is 255 g/mol. The van der Waals surface area contributed by atoms with Crippen LogP contribution in [0, 0.1) is 17.3 Å². The summed E-state index contributed by atoms with van der Waals surface area (Å²) in [6, 6.07) is 0. The highest BCUT2D eigenvalue weighted by atomic mass is 16.4. The quantitative estimate of drug-likeness (QED) is 0.792. The lowest BCUT2D eigenvalue weighted by atomic mass is 9.70. The maximum atomic E-state index is 11.7. The Balaban J connectivity index is 2.70. The lowest BCUT2D eigenvalue weighted by Crippen LogP contribution is -2.46. The van der Waals surface area contributed by atoms with E-state index in [0.29, 0.717) is 11.8 Å². The average molecular weight is 255 g/mol. The maximum absolute atomic E-state index is 11.7. The SMILES string of the molecule is CCN(CC(C)C)CC1(C(=O)O)CCC(C)CC1. The molecule has 0 atom stereocenters. The normalized spacial score (nSPS) is 28.9. The molecule has 18 heavy (non-hydrogen) atoms. The summed E-state index contributed by atoms with van der Waals surface area (Å²) in [5.41, 5.74) is -0.489. The standard InChI is InChI=1S/C15H29NO2/c1-5-16(10-12(2)3)11-15(14(17)18)8-6-13(4)7-9-15/h12-13H,5-11H2,1-4H3,(H,17,18). The van der Waals surface area contributed by atoms with Crippen LogP contribution in [0.25, 0.3) is 0 Å². The molecule has 0 unspecified atom stereocenters. The summed E-state index contributed by atoms with van der Waals surface area (Å²) in [7, 11) is 0. The van der Waals surface area contributed by atoms with Gasteiger partial charge in [-0.1, -0.05) is 27.7 Å². The highest BCUT2D eigenvalue weighted by molar-refractivity contribution is 5.75. The largest absolute Gasteiger partial charge is 0.481 e. The number of carboxylic acids is 1. The van der Waals surface area contributed by atoms with Crippen molar-refractivity contribution >= 4 is 5.97 Å². The van der Waals surface area contributed by atoms with Gasteiger partial charge in [0.15, 0.2) is 0 Å². The van der Waals surface area contributed by atoms with Gasteiger partial charge < -0.3 is 10.0 Å². The number of carbonyl (C=O) groups is 1. The second-order valence-corrected chi connectivity index (χ2v) is 6.49. The molecule has 1 aliphatic rings. The van der Waals surface area contributed by atoms with E-state index in [1.54, 1.807) is 0 Å². The first-order valence-corrected chi connectivity index (χ1v) is 7.35. The van der Waals surface area contributed by atoms with Gasteiger partial charge in [-0.15, -0.1) is 0 Å². The number of rotatable bonds is 6. The minimum Gasteiger partial charge on any atom is -0.481 e. The molecule has 1 fully saturated rings. The number of nitrogens with zero attached hydrogens (tertiary/aromatic N) is 1. The van der Waals surface area contributed by atoms with Crippen molar-refractivity contribution in [2.24, 2.45) is 17.3 Å². The predicted octanol–water partition coefficient (Wildman–Crippen LogP) is 3.25. The van der Waals surface area contributed by atoms with Crippen LogP contribution in [0.1, 0.15) is 53.4 Å². The average Bonchev–Trinajstić information content (AvgIpc) is 2.30. The number of hydrogen-bond acceptors (Lipinski definition) is 2. The van der Waals surface area contributed by atoms with E-state index in [2.05, 4.69) is 32.6 Å². The maximum Gasteiger partial charge on any atom is 0.310 e. The third-order valence-corrected chi connectivity index (χ3v) is 4.28. The molecule has 0 radical (unpaired) electrons. The second-order valence-electron chi connectivity index (χ2n) is 6.49. The molecule has 0 aromatic rings. The zero-order valence-corrected chi connectivity index (χ0v) is 12.4. The molecule has 1 rings (SSSR count). The van der Waals surface area contributed by atoms with Crippen LogP contribution in [0.4, 0.5) is 0 Å². The van der Waals surface area contributed by atoms with Gasteiger partial charge in [0.2, 0.25) is 0 Å². The van der Waals surface area contributed by atoms with Crippen molar-refractivity contribution in [3.05, 3.63) is 0 Å². The third kappa shape index (κ3) is 3.98. The molecule has 0 heterocycles. The zero-order chi connectivity index (χ0) is 13.8. The fourth-order valence-electron chi connectivity index (χ4n) is 3.00. The molecule has 0 saturated heterocycles. The summed E-state index contributed by atoms with van der Waals surface area (Å²) in [5.74, 6) is 0.701. The van der Waals surface area contributed by atoms with Gasteiger partial charge in [0.25, 0.3) is 0 Å². The van der Waals surface area contributed by atoms with E-state index >= 15 is 0 Å². The smallest absolute Gasteiger partial charge is 0.310 e. The van der Waals surface area contributed by atoms with E-state index in [-0.39, 0.29) is 0 Å². The van der Waals surface area contributed by atoms with Gasteiger partial charge in [0.1, 0.15) is 0 Å². The van der Waals surface area contributed by atoms with Crippen molar-refractivity contribution in [2.45, 2.75) is 53.4 Å². The summed E-state index contributed by atoms with van der Waals surface area (Å²) in [6.45, 7) is 11.4. The Hall–Kier alpha value is -0.570. The van der Waals surface area contributed by atoms with Gasteiger partial charge in [0, 0.05) is 13.1 Å². The minimum absolute atomic E-state index is 0.489.